The number of unbranched alkanes of at least 4 members (excludes halogenated alkanes) is 3. The molecule has 4 heteroatoms. The van der Waals surface area contributed by atoms with E-state index in [9.17, 15) is 9.59 Å². The predicted molar refractivity (Wildman–Crippen MR) is 63.4 cm³/mol. The van der Waals surface area contributed by atoms with Gasteiger partial charge in [-0.1, -0.05) is 26.2 Å². The molecule has 0 unspecified atom stereocenters. The highest BCUT2D eigenvalue weighted by molar-refractivity contribution is 5.76. The van der Waals surface area contributed by atoms with Gasteiger partial charge in [-0.15, -0.1) is 0 Å². The zero-order valence-electron chi connectivity index (χ0n) is 10.6. The van der Waals surface area contributed by atoms with E-state index in [1.165, 1.54) is 26.9 Å². The van der Waals surface area contributed by atoms with Crippen molar-refractivity contribution in [2.24, 2.45) is 0 Å². The minimum Gasteiger partial charge on any atom is -0.453 e. The molecular weight excluding hydrogens is 206 g/mol. The van der Waals surface area contributed by atoms with Gasteiger partial charge < -0.3 is 9.64 Å². The Balaban J connectivity index is 3.90. The van der Waals surface area contributed by atoms with Crippen LogP contribution >= 0.6 is 0 Å². The van der Waals surface area contributed by atoms with Crippen LogP contribution in [0.2, 0.25) is 0 Å². The zero-order chi connectivity index (χ0) is 12.4. The quantitative estimate of drug-likeness (QED) is 0.601. The minimum atomic E-state index is -0.335. The maximum atomic E-state index is 11.4. The second kappa shape index (κ2) is 9.19. The summed E-state index contributed by atoms with van der Waals surface area (Å²) in [5.74, 6) is 0.0995. The fourth-order valence-corrected chi connectivity index (χ4v) is 1.45. The maximum absolute atomic E-state index is 11.4. The Hall–Kier alpha value is -1.06. The van der Waals surface area contributed by atoms with Crippen molar-refractivity contribution in [1.82, 2.24) is 4.90 Å². The van der Waals surface area contributed by atoms with Crippen LogP contribution in [0.25, 0.3) is 0 Å². The average molecular weight is 229 g/mol. The summed E-state index contributed by atoms with van der Waals surface area (Å²) in [5.41, 5.74) is 0. The number of Topliss-reactive ketones (excluding diaryl/α,β-unsaturated/α-hetero) is 1. The van der Waals surface area contributed by atoms with Crippen molar-refractivity contribution >= 4 is 11.9 Å². The van der Waals surface area contributed by atoms with Crippen molar-refractivity contribution in [3.05, 3.63) is 0 Å². The van der Waals surface area contributed by atoms with E-state index < -0.39 is 0 Å². The standard InChI is InChI=1S/C12H23NO3/c1-4-5-6-7-9-13(12(15)16-3)10-8-11(2)14/h4-10H2,1-3H3. The molecule has 0 spiro atoms. The lowest BCUT2D eigenvalue weighted by Gasteiger charge is -2.20. The van der Waals surface area contributed by atoms with Crippen molar-refractivity contribution < 1.29 is 14.3 Å². The zero-order valence-corrected chi connectivity index (χ0v) is 10.6. The van der Waals surface area contributed by atoms with Crippen LogP contribution in [0.3, 0.4) is 0 Å². The predicted octanol–water partition coefficient (Wildman–Crippen LogP) is 2.61. The first-order chi connectivity index (χ1) is 7.61. The summed E-state index contributed by atoms with van der Waals surface area (Å²) in [6.07, 6.45) is 4.51. The molecule has 16 heavy (non-hydrogen) atoms. The van der Waals surface area contributed by atoms with Gasteiger partial charge in [0, 0.05) is 19.5 Å². The Kier molecular flexibility index (Phi) is 8.58. The van der Waals surface area contributed by atoms with E-state index >= 15 is 0 Å². The molecule has 0 N–H and O–H groups in total. The second-order valence-corrected chi connectivity index (χ2v) is 3.97. The number of carbonyl (C=O) groups is 2. The first-order valence-corrected chi connectivity index (χ1v) is 5.94. The van der Waals surface area contributed by atoms with Gasteiger partial charge in [0.15, 0.2) is 0 Å². The van der Waals surface area contributed by atoms with Crippen molar-refractivity contribution in [1.29, 1.82) is 0 Å². The molecule has 1 amide bonds. The van der Waals surface area contributed by atoms with E-state index in [1.54, 1.807) is 4.90 Å². The number of hydrogen-bond donors (Lipinski definition) is 0. The number of methoxy groups -OCH3 is 1. The van der Waals surface area contributed by atoms with Crippen LogP contribution in [0.4, 0.5) is 4.79 Å². The summed E-state index contributed by atoms with van der Waals surface area (Å²) in [7, 11) is 1.37. The molecule has 0 atom stereocenters. The molecule has 0 radical (unpaired) electrons. The van der Waals surface area contributed by atoms with Crippen LogP contribution in [0.1, 0.15) is 46.0 Å². The van der Waals surface area contributed by atoms with E-state index in [0.29, 0.717) is 19.5 Å². The van der Waals surface area contributed by atoms with E-state index in [1.807, 2.05) is 0 Å². The van der Waals surface area contributed by atoms with Gasteiger partial charge >= 0.3 is 6.09 Å². The lowest BCUT2D eigenvalue weighted by atomic mass is 10.2. The molecule has 0 saturated carbocycles. The molecule has 0 rings (SSSR count). The third-order valence-corrected chi connectivity index (χ3v) is 2.45. The fraction of sp³-hybridized carbons (Fsp3) is 0.833. The first-order valence-electron chi connectivity index (χ1n) is 5.94. The highest BCUT2D eigenvalue weighted by atomic mass is 16.5. The third kappa shape index (κ3) is 7.26. The van der Waals surface area contributed by atoms with Crippen molar-refractivity contribution in [2.75, 3.05) is 20.2 Å². The third-order valence-electron chi connectivity index (χ3n) is 2.45. The van der Waals surface area contributed by atoms with Crippen LogP contribution in [0, 0.1) is 0 Å². The smallest absolute Gasteiger partial charge is 0.409 e. The van der Waals surface area contributed by atoms with Gasteiger partial charge in [-0.25, -0.2) is 4.79 Å². The monoisotopic (exact) mass is 229 g/mol. The Morgan fingerprint density at radius 1 is 1.12 bits per heavy atom. The Morgan fingerprint density at radius 3 is 2.31 bits per heavy atom. The number of hydrogen-bond acceptors (Lipinski definition) is 3. The van der Waals surface area contributed by atoms with Crippen molar-refractivity contribution in [2.45, 2.75) is 46.0 Å². The molecule has 4 nitrogen and oxygen atoms in total. The number of amides is 1. The molecule has 0 heterocycles. The fourth-order valence-electron chi connectivity index (χ4n) is 1.45. The van der Waals surface area contributed by atoms with E-state index in [4.69, 9.17) is 0 Å². The van der Waals surface area contributed by atoms with Crippen LogP contribution in [0.5, 0.6) is 0 Å². The molecule has 94 valence electrons. The van der Waals surface area contributed by atoms with Crippen LogP contribution in [-0.2, 0) is 9.53 Å². The van der Waals surface area contributed by atoms with E-state index in [-0.39, 0.29) is 11.9 Å². The Bertz CT molecular complexity index is 216. The highest BCUT2D eigenvalue weighted by Crippen LogP contribution is 2.03. The topological polar surface area (TPSA) is 46.6 Å². The highest BCUT2D eigenvalue weighted by Gasteiger charge is 2.13. The van der Waals surface area contributed by atoms with Gasteiger partial charge in [0.2, 0.25) is 0 Å². The lowest BCUT2D eigenvalue weighted by Crippen LogP contribution is -2.33. The first kappa shape index (κ1) is 14.9. The maximum Gasteiger partial charge on any atom is 0.409 e. The number of ketones is 1. The molecule has 0 aliphatic rings. The van der Waals surface area contributed by atoms with Crippen LogP contribution in [-0.4, -0.2) is 37.0 Å². The molecule has 0 saturated heterocycles. The lowest BCUT2D eigenvalue weighted by molar-refractivity contribution is -0.117. The molecule has 0 aliphatic heterocycles. The van der Waals surface area contributed by atoms with Gasteiger partial charge in [0.05, 0.1) is 7.11 Å². The normalized spacial score (nSPS) is 9.94. The molecule has 0 aromatic rings. The summed E-state index contributed by atoms with van der Waals surface area (Å²) in [6.45, 7) is 4.83. The molecule has 0 aliphatic carbocycles. The van der Waals surface area contributed by atoms with E-state index in [0.717, 1.165) is 12.8 Å². The largest absolute Gasteiger partial charge is 0.453 e. The summed E-state index contributed by atoms with van der Waals surface area (Å²) < 4.78 is 4.68. The molecule has 0 fully saturated rings. The number of ether oxygens (including phenoxy) is 1. The van der Waals surface area contributed by atoms with Crippen LogP contribution in [0.15, 0.2) is 0 Å². The van der Waals surface area contributed by atoms with Crippen LogP contribution < -0.4 is 0 Å². The van der Waals surface area contributed by atoms with Gasteiger partial charge in [0.1, 0.15) is 5.78 Å². The summed E-state index contributed by atoms with van der Waals surface area (Å²) in [5, 5.41) is 0. The van der Waals surface area contributed by atoms with E-state index in [2.05, 4.69) is 11.7 Å². The number of nitrogens with zero attached hydrogens (tertiary/aromatic N) is 1. The van der Waals surface area contributed by atoms with Gasteiger partial charge in [-0.2, -0.15) is 0 Å². The molecule has 0 aromatic heterocycles. The van der Waals surface area contributed by atoms with Crippen molar-refractivity contribution in [3.8, 4) is 0 Å². The van der Waals surface area contributed by atoms with Gasteiger partial charge in [-0.3, -0.25) is 4.79 Å². The SMILES string of the molecule is CCCCCCN(CCC(C)=O)C(=O)OC. The molecule has 0 aromatic carbocycles. The Morgan fingerprint density at radius 2 is 1.81 bits per heavy atom. The van der Waals surface area contributed by atoms with Gasteiger partial charge in [-0.05, 0) is 13.3 Å². The summed E-state index contributed by atoms with van der Waals surface area (Å²) in [4.78, 5) is 23.8. The summed E-state index contributed by atoms with van der Waals surface area (Å²) >= 11 is 0. The average Bonchev–Trinajstić information content (AvgIpc) is 2.27. The number of rotatable bonds is 8. The molecule has 0 bridgehead atoms. The second-order valence-electron chi connectivity index (χ2n) is 3.97. The van der Waals surface area contributed by atoms with Gasteiger partial charge in [0.25, 0.3) is 0 Å². The molecular formula is C12H23NO3. The summed E-state index contributed by atoms with van der Waals surface area (Å²) in [6, 6.07) is 0. The number of carbonyl (C=O) groups excluding carboxylic acids is 2. The van der Waals surface area contributed by atoms with Crippen molar-refractivity contribution in [3.63, 3.8) is 0 Å². The Labute approximate surface area is 98.0 Å². The minimum absolute atomic E-state index is 0.0995.